The third kappa shape index (κ3) is 2.76. The maximum absolute atomic E-state index is 5.96. The number of nitrogens with zero attached hydrogens (tertiary/aromatic N) is 1. The first-order valence-corrected chi connectivity index (χ1v) is 7.89. The number of hydrogen-bond acceptors (Lipinski definition) is 4. The van der Waals surface area contributed by atoms with Gasteiger partial charge in [-0.2, -0.15) is 0 Å². The molecule has 2 aliphatic rings. The summed E-state index contributed by atoms with van der Waals surface area (Å²) < 4.78 is 5.96. The van der Waals surface area contributed by atoms with Crippen LogP contribution >= 0.6 is 11.3 Å². The predicted octanol–water partition coefficient (Wildman–Crippen LogP) is 2.89. The van der Waals surface area contributed by atoms with Crippen molar-refractivity contribution >= 4 is 11.3 Å². The van der Waals surface area contributed by atoms with E-state index in [4.69, 9.17) is 4.74 Å². The zero-order valence-electron chi connectivity index (χ0n) is 11.1. The third-order valence-corrected chi connectivity index (χ3v) is 5.09. The standard InChI is InChI=1S/C14H22N2OS/c1-11-16-13(10-18-11)9-15-8-12-3-6-17-14(7-12)4-2-5-14/h10,12,15H,2-9H2,1H3. The van der Waals surface area contributed by atoms with Crippen LogP contribution in [-0.2, 0) is 11.3 Å². The molecule has 3 rings (SSSR count). The van der Waals surface area contributed by atoms with Gasteiger partial charge in [-0.15, -0.1) is 11.3 Å². The molecule has 0 aromatic carbocycles. The molecule has 2 fully saturated rings. The van der Waals surface area contributed by atoms with Gasteiger partial charge in [0.05, 0.1) is 16.3 Å². The van der Waals surface area contributed by atoms with E-state index in [1.54, 1.807) is 11.3 Å². The molecule has 1 aromatic heterocycles. The fourth-order valence-corrected chi connectivity index (χ4v) is 3.73. The van der Waals surface area contributed by atoms with Gasteiger partial charge in [-0.05, 0) is 51.5 Å². The Bertz CT molecular complexity index is 400. The number of aromatic nitrogens is 1. The normalized spacial score (nSPS) is 26.2. The van der Waals surface area contributed by atoms with Crippen molar-refractivity contribution in [1.82, 2.24) is 10.3 Å². The summed E-state index contributed by atoms with van der Waals surface area (Å²) in [5.74, 6) is 0.791. The van der Waals surface area contributed by atoms with Crippen LogP contribution in [0, 0.1) is 12.8 Å². The number of thiazole rings is 1. The van der Waals surface area contributed by atoms with Gasteiger partial charge in [0, 0.05) is 18.5 Å². The second-order valence-electron chi connectivity index (χ2n) is 5.73. The van der Waals surface area contributed by atoms with Crippen molar-refractivity contribution in [2.24, 2.45) is 5.92 Å². The van der Waals surface area contributed by atoms with E-state index in [0.717, 1.165) is 30.6 Å². The van der Waals surface area contributed by atoms with Crippen molar-refractivity contribution in [2.75, 3.05) is 13.2 Å². The lowest BCUT2D eigenvalue weighted by atomic mass is 9.72. The van der Waals surface area contributed by atoms with Gasteiger partial charge in [-0.1, -0.05) is 0 Å². The SMILES string of the molecule is Cc1nc(CNCC2CCOC3(CCC3)C2)cs1. The highest BCUT2D eigenvalue weighted by Crippen LogP contribution is 2.43. The van der Waals surface area contributed by atoms with Gasteiger partial charge in [0.1, 0.15) is 0 Å². The smallest absolute Gasteiger partial charge is 0.0897 e. The van der Waals surface area contributed by atoms with Gasteiger partial charge >= 0.3 is 0 Å². The van der Waals surface area contributed by atoms with Crippen LogP contribution in [0.4, 0.5) is 0 Å². The fraction of sp³-hybridized carbons (Fsp3) is 0.786. The van der Waals surface area contributed by atoms with E-state index < -0.39 is 0 Å². The summed E-state index contributed by atoms with van der Waals surface area (Å²) in [6.07, 6.45) is 6.41. The van der Waals surface area contributed by atoms with Crippen LogP contribution in [0.3, 0.4) is 0 Å². The van der Waals surface area contributed by atoms with Crippen molar-refractivity contribution in [1.29, 1.82) is 0 Å². The van der Waals surface area contributed by atoms with Crippen LogP contribution in [0.2, 0.25) is 0 Å². The molecule has 1 spiro atoms. The van der Waals surface area contributed by atoms with E-state index in [2.05, 4.69) is 22.6 Å². The Morgan fingerprint density at radius 3 is 3.11 bits per heavy atom. The van der Waals surface area contributed by atoms with Gasteiger partial charge < -0.3 is 10.1 Å². The number of rotatable bonds is 4. The quantitative estimate of drug-likeness (QED) is 0.910. The van der Waals surface area contributed by atoms with E-state index in [0.29, 0.717) is 0 Å². The minimum Gasteiger partial charge on any atom is -0.375 e. The summed E-state index contributed by atoms with van der Waals surface area (Å²) in [5.41, 5.74) is 1.46. The Balaban J connectivity index is 1.43. The highest BCUT2D eigenvalue weighted by Gasteiger charge is 2.42. The molecule has 1 saturated carbocycles. The maximum Gasteiger partial charge on any atom is 0.0897 e. The third-order valence-electron chi connectivity index (χ3n) is 4.27. The molecule has 1 aliphatic carbocycles. The second-order valence-corrected chi connectivity index (χ2v) is 6.79. The Labute approximate surface area is 113 Å². The minimum atomic E-state index is 0.280. The topological polar surface area (TPSA) is 34.2 Å². The van der Waals surface area contributed by atoms with Crippen molar-refractivity contribution in [3.05, 3.63) is 16.1 Å². The van der Waals surface area contributed by atoms with Gasteiger partial charge in [-0.25, -0.2) is 4.98 Å². The second kappa shape index (κ2) is 5.27. The highest BCUT2D eigenvalue weighted by molar-refractivity contribution is 7.09. The largest absolute Gasteiger partial charge is 0.375 e. The molecule has 18 heavy (non-hydrogen) atoms. The summed E-state index contributed by atoms with van der Waals surface area (Å²) in [5, 5.41) is 6.87. The van der Waals surface area contributed by atoms with Gasteiger partial charge in [0.15, 0.2) is 0 Å². The van der Waals surface area contributed by atoms with E-state index >= 15 is 0 Å². The molecule has 1 N–H and O–H groups in total. The van der Waals surface area contributed by atoms with Crippen molar-refractivity contribution in [3.63, 3.8) is 0 Å². The molecule has 1 aliphatic heterocycles. The van der Waals surface area contributed by atoms with Crippen LogP contribution in [0.5, 0.6) is 0 Å². The van der Waals surface area contributed by atoms with Crippen LogP contribution in [0.15, 0.2) is 5.38 Å². The maximum atomic E-state index is 5.96. The molecular formula is C14H22N2OS. The van der Waals surface area contributed by atoms with E-state index in [1.807, 2.05) is 0 Å². The number of nitrogens with one attached hydrogen (secondary N) is 1. The molecule has 0 amide bonds. The average Bonchev–Trinajstić information content (AvgIpc) is 2.74. The van der Waals surface area contributed by atoms with Crippen molar-refractivity contribution in [2.45, 2.75) is 51.2 Å². The summed E-state index contributed by atoms with van der Waals surface area (Å²) in [4.78, 5) is 4.48. The molecule has 3 nitrogen and oxygen atoms in total. The molecule has 1 aromatic rings. The first-order valence-electron chi connectivity index (χ1n) is 7.01. The molecule has 0 radical (unpaired) electrons. The molecular weight excluding hydrogens is 244 g/mol. The number of hydrogen-bond donors (Lipinski definition) is 1. The Morgan fingerprint density at radius 1 is 1.56 bits per heavy atom. The summed E-state index contributed by atoms with van der Waals surface area (Å²) >= 11 is 1.73. The predicted molar refractivity (Wildman–Crippen MR) is 73.8 cm³/mol. The van der Waals surface area contributed by atoms with E-state index in [1.165, 1.54) is 37.8 Å². The lowest BCUT2D eigenvalue weighted by molar-refractivity contribution is -0.142. The van der Waals surface area contributed by atoms with Crippen LogP contribution < -0.4 is 5.32 Å². The van der Waals surface area contributed by atoms with E-state index in [-0.39, 0.29) is 5.60 Å². The van der Waals surface area contributed by atoms with Crippen LogP contribution in [-0.4, -0.2) is 23.7 Å². The van der Waals surface area contributed by atoms with Crippen LogP contribution in [0.25, 0.3) is 0 Å². The van der Waals surface area contributed by atoms with Gasteiger partial charge in [0.25, 0.3) is 0 Å². The van der Waals surface area contributed by atoms with E-state index in [9.17, 15) is 0 Å². The summed E-state index contributed by atoms with van der Waals surface area (Å²) in [6, 6.07) is 0. The van der Waals surface area contributed by atoms with Crippen molar-refractivity contribution in [3.8, 4) is 0 Å². The number of ether oxygens (including phenoxy) is 1. The lowest BCUT2D eigenvalue weighted by Crippen LogP contribution is -2.47. The van der Waals surface area contributed by atoms with Crippen LogP contribution in [0.1, 0.15) is 42.8 Å². The molecule has 0 bridgehead atoms. The summed E-state index contributed by atoms with van der Waals surface area (Å²) in [6.45, 7) is 5.05. The monoisotopic (exact) mass is 266 g/mol. The fourth-order valence-electron chi connectivity index (χ4n) is 3.12. The minimum absolute atomic E-state index is 0.280. The molecule has 4 heteroatoms. The first kappa shape index (κ1) is 12.6. The molecule has 1 unspecified atom stereocenters. The summed E-state index contributed by atoms with van der Waals surface area (Å²) in [7, 11) is 0. The van der Waals surface area contributed by atoms with Gasteiger partial charge in [0.2, 0.25) is 0 Å². The Morgan fingerprint density at radius 2 is 2.44 bits per heavy atom. The lowest BCUT2D eigenvalue weighted by Gasteiger charge is -2.47. The molecule has 1 atom stereocenters. The van der Waals surface area contributed by atoms with Crippen molar-refractivity contribution < 1.29 is 4.74 Å². The Kier molecular flexibility index (Phi) is 3.68. The first-order chi connectivity index (χ1) is 8.76. The average molecular weight is 266 g/mol. The Hall–Kier alpha value is -0.450. The molecule has 2 heterocycles. The zero-order valence-corrected chi connectivity index (χ0v) is 11.9. The molecule has 100 valence electrons. The highest BCUT2D eigenvalue weighted by atomic mass is 32.1. The number of aryl methyl sites for hydroxylation is 1. The van der Waals surface area contributed by atoms with Gasteiger partial charge in [-0.3, -0.25) is 0 Å². The zero-order chi connectivity index (χ0) is 12.4. The molecule has 1 saturated heterocycles.